The van der Waals surface area contributed by atoms with Gasteiger partial charge in [0.05, 0.1) is 10.6 Å². The van der Waals surface area contributed by atoms with Gasteiger partial charge < -0.3 is 0 Å². The molecule has 0 atom stereocenters. The monoisotopic (exact) mass is 302 g/mol. The highest BCUT2D eigenvalue weighted by atomic mass is 32.2. The molecule has 0 saturated carbocycles. The number of pyridine rings is 1. The SMILES string of the molecule is Cc1ccc(S(=O)(=O)Nc2cc(C)cn3ncnc23)cc1. The van der Waals surface area contributed by atoms with Gasteiger partial charge >= 0.3 is 0 Å². The van der Waals surface area contributed by atoms with E-state index in [2.05, 4.69) is 14.8 Å². The molecule has 6 nitrogen and oxygen atoms in total. The lowest BCUT2D eigenvalue weighted by molar-refractivity contribution is 0.601. The van der Waals surface area contributed by atoms with Gasteiger partial charge in [-0.05, 0) is 37.6 Å². The fraction of sp³-hybridized carbons (Fsp3) is 0.143. The topological polar surface area (TPSA) is 76.4 Å². The molecule has 0 fully saturated rings. The summed E-state index contributed by atoms with van der Waals surface area (Å²) in [5.74, 6) is 0. The van der Waals surface area contributed by atoms with E-state index in [1.807, 2.05) is 13.8 Å². The van der Waals surface area contributed by atoms with E-state index in [1.54, 1.807) is 41.0 Å². The summed E-state index contributed by atoms with van der Waals surface area (Å²) < 4.78 is 29.0. The summed E-state index contributed by atoms with van der Waals surface area (Å²) in [7, 11) is -3.65. The summed E-state index contributed by atoms with van der Waals surface area (Å²) in [6.07, 6.45) is 3.17. The summed E-state index contributed by atoms with van der Waals surface area (Å²) in [6.45, 7) is 3.77. The molecule has 1 aromatic carbocycles. The molecule has 0 bridgehead atoms. The minimum atomic E-state index is -3.65. The number of fused-ring (bicyclic) bond motifs is 1. The van der Waals surface area contributed by atoms with Gasteiger partial charge in [-0.25, -0.2) is 17.9 Å². The second-order valence-electron chi connectivity index (χ2n) is 4.88. The highest BCUT2D eigenvalue weighted by Gasteiger charge is 2.16. The molecule has 0 aliphatic heterocycles. The van der Waals surface area contributed by atoms with Crippen molar-refractivity contribution < 1.29 is 8.42 Å². The van der Waals surface area contributed by atoms with Gasteiger partial charge in [0.2, 0.25) is 0 Å². The molecule has 108 valence electrons. The second kappa shape index (κ2) is 4.85. The van der Waals surface area contributed by atoms with Gasteiger partial charge in [-0.2, -0.15) is 5.10 Å². The van der Waals surface area contributed by atoms with E-state index in [9.17, 15) is 8.42 Å². The van der Waals surface area contributed by atoms with Gasteiger partial charge in [0.25, 0.3) is 10.0 Å². The van der Waals surface area contributed by atoms with Crippen LogP contribution in [0.25, 0.3) is 5.65 Å². The summed E-state index contributed by atoms with van der Waals surface area (Å²) in [4.78, 5) is 4.29. The van der Waals surface area contributed by atoms with E-state index in [0.29, 0.717) is 11.3 Å². The normalized spacial score (nSPS) is 11.7. The van der Waals surface area contributed by atoms with Gasteiger partial charge in [-0.3, -0.25) is 4.72 Å². The Hall–Kier alpha value is -2.41. The van der Waals surface area contributed by atoms with Crippen molar-refractivity contribution in [1.82, 2.24) is 14.6 Å². The highest BCUT2D eigenvalue weighted by Crippen LogP contribution is 2.21. The predicted octanol–water partition coefficient (Wildman–Crippen LogP) is 2.15. The Morgan fingerprint density at radius 2 is 1.81 bits per heavy atom. The number of hydrogen-bond donors (Lipinski definition) is 1. The minimum absolute atomic E-state index is 0.215. The largest absolute Gasteiger partial charge is 0.276 e. The molecule has 0 amide bonds. The number of rotatable bonds is 3. The molecule has 0 aliphatic carbocycles. The van der Waals surface area contributed by atoms with E-state index >= 15 is 0 Å². The zero-order valence-corrected chi connectivity index (χ0v) is 12.4. The minimum Gasteiger partial charge on any atom is -0.276 e. The number of aromatic nitrogens is 3. The number of aryl methyl sites for hydroxylation is 2. The fourth-order valence-electron chi connectivity index (χ4n) is 2.06. The predicted molar refractivity (Wildman–Crippen MR) is 79.7 cm³/mol. The molecule has 0 unspecified atom stereocenters. The van der Waals surface area contributed by atoms with Crippen LogP contribution in [0.5, 0.6) is 0 Å². The fourth-order valence-corrected chi connectivity index (χ4v) is 3.11. The smallest absolute Gasteiger partial charge is 0.262 e. The van der Waals surface area contributed by atoms with Crippen LogP contribution >= 0.6 is 0 Å². The van der Waals surface area contributed by atoms with Crippen molar-refractivity contribution in [3.05, 3.63) is 54.0 Å². The van der Waals surface area contributed by atoms with Crippen molar-refractivity contribution in [2.45, 2.75) is 18.7 Å². The average Bonchev–Trinajstić information content (AvgIpc) is 2.87. The lowest BCUT2D eigenvalue weighted by Crippen LogP contribution is -2.14. The Morgan fingerprint density at radius 3 is 2.52 bits per heavy atom. The first-order valence-corrected chi connectivity index (χ1v) is 7.83. The lowest BCUT2D eigenvalue weighted by atomic mass is 10.2. The zero-order chi connectivity index (χ0) is 15.0. The summed E-state index contributed by atoms with van der Waals surface area (Å²) in [5, 5.41) is 4.03. The molecule has 2 aromatic heterocycles. The quantitative estimate of drug-likeness (QED) is 0.804. The lowest BCUT2D eigenvalue weighted by Gasteiger charge is -2.10. The van der Waals surface area contributed by atoms with Gasteiger partial charge in [0, 0.05) is 6.20 Å². The second-order valence-corrected chi connectivity index (χ2v) is 6.56. The molecule has 2 heterocycles. The van der Waals surface area contributed by atoms with Crippen LogP contribution in [0.1, 0.15) is 11.1 Å². The highest BCUT2D eigenvalue weighted by molar-refractivity contribution is 7.92. The van der Waals surface area contributed by atoms with Crippen molar-refractivity contribution in [1.29, 1.82) is 0 Å². The molecule has 0 radical (unpaired) electrons. The molecule has 3 rings (SSSR count). The van der Waals surface area contributed by atoms with Gasteiger partial charge in [0.15, 0.2) is 5.65 Å². The van der Waals surface area contributed by atoms with Gasteiger partial charge in [-0.15, -0.1) is 0 Å². The molecular weight excluding hydrogens is 288 g/mol. The number of nitrogens with one attached hydrogen (secondary N) is 1. The standard InChI is InChI=1S/C14H14N4O2S/c1-10-3-5-12(6-4-10)21(19,20)17-13-7-11(2)8-18-14(13)15-9-16-18/h3-9,17H,1-2H3. The molecule has 7 heteroatoms. The molecule has 3 aromatic rings. The first kappa shape index (κ1) is 13.6. The van der Waals surface area contributed by atoms with Crippen LogP contribution in [0.2, 0.25) is 0 Å². The maximum atomic E-state index is 12.4. The summed E-state index contributed by atoms with van der Waals surface area (Å²) >= 11 is 0. The molecule has 0 aliphatic rings. The summed E-state index contributed by atoms with van der Waals surface area (Å²) in [5.41, 5.74) is 2.77. The Morgan fingerprint density at radius 1 is 1.10 bits per heavy atom. The van der Waals surface area contributed by atoms with Crippen LogP contribution in [0.3, 0.4) is 0 Å². The van der Waals surface area contributed by atoms with Crippen molar-refractivity contribution >= 4 is 21.4 Å². The van der Waals surface area contributed by atoms with Crippen molar-refractivity contribution in [2.24, 2.45) is 0 Å². The third kappa shape index (κ3) is 2.59. The van der Waals surface area contributed by atoms with Gasteiger partial charge in [-0.1, -0.05) is 17.7 Å². The van der Waals surface area contributed by atoms with E-state index < -0.39 is 10.0 Å². The first-order valence-electron chi connectivity index (χ1n) is 6.35. The Kier molecular flexibility index (Phi) is 3.13. The van der Waals surface area contributed by atoms with Crippen LogP contribution < -0.4 is 4.72 Å². The molecular formula is C14H14N4O2S. The molecule has 0 saturated heterocycles. The third-order valence-corrected chi connectivity index (χ3v) is 4.47. The maximum absolute atomic E-state index is 12.4. The zero-order valence-electron chi connectivity index (χ0n) is 11.6. The Labute approximate surface area is 122 Å². The number of anilines is 1. The van der Waals surface area contributed by atoms with E-state index in [-0.39, 0.29) is 4.90 Å². The van der Waals surface area contributed by atoms with Crippen molar-refractivity contribution in [3.63, 3.8) is 0 Å². The number of benzene rings is 1. The van der Waals surface area contributed by atoms with Crippen molar-refractivity contribution in [2.75, 3.05) is 4.72 Å². The first-order chi connectivity index (χ1) is 9.95. The average molecular weight is 302 g/mol. The third-order valence-electron chi connectivity index (χ3n) is 3.09. The van der Waals surface area contributed by atoms with E-state index in [0.717, 1.165) is 11.1 Å². The molecule has 0 spiro atoms. The Bertz CT molecular complexity index is 898. The van der Waals surface area contributed by atoms with Crippen molar-refractivity contribution in [3.8, 4) is 0 Å². The Balaban J connectivity index is 2.05. The molecule has 21 heavy (non-hydrogen) atoms. The van der Waals surface area contributed by atoms with Crippen LogP contribution in [0, 0.1) is 13.8 Å². The number of sulfonamides is 1. The van der Waals surface area contributed by atoms with Gasteiger partial charge in [0.1, 0.15) is 6.33 Å². The van der Waals surface area contributed by atoms with Crippen LogP contribution in [-0.4, -0.2) is 23.0 Å². The molecule has 1 N–H and O–H groups in total. The van der Waals surface area contributed by atoms with Crippen LogP contribution in [0.15, 0.2) is 47.8 Å². The maximum Gasteiger partial charge on any atom is 0.262 e. The van der Waals surface area contributed by atoms with E-state index in [4.69, 9.17) is 0 Å². The van der Waals surface area contributed by atoms with Crippen LogP contribution in [0.4, 0.5) is 5.69 Å². The van der Waals surface area contributed by atoms with E-state index in [1.165, 1.54) is 6.33 Å². The van der Waals surface area contributed by atoms with Crippen LogP contribution in [-0.2, 0) is 10.0 Å². The summed E-state index contributed by atoms with van der Waals surface area (Å²) in [6, 6.07) is 8.41. The number of hydrogen-bond acceptors (Lipinski definition) is 4. The number of nitrogens with zero attached hydrogens (tertiary/aromatic N) is 3.